The van der Waals surface area contributed by atoms with Gasteiger partial charge in [-0.1, -0.05) is 11.6 Å². The lowest BCUT2D eigenvalue weighted by Gasteiger charge is -2.08. The Labute approximate surface area is 119 Å². The number of hydrogen-bond acceptors (Lipinski definition) is 5. The fraction of sp³-hybridized carbons (Fsp3) is 0.417. The van der Waals surface area contributed by atoms with Crippen LogP contribution < -0.4 is 10.6 Å². The van der Waals surface area contributed by atoms with Gasteiger partial charge in [-0.25, -0.2) is 0 Å². The molecule has 0 aliphatic heterocycles. The number of carbonyl (C=O) groups excluding carboxylic acids is 1. The topological polar surface area (TPSA) is 66.9 Å². The van der Waals surface area contributed by atoms with Crippen LogP contribution in [0.4, 0.5) is 5.69 Å². The second-order valence-electron chi connectivity index (χ2n) is 4.68. The number of anilines is 1. The van der Waals surface area contributed by atoms with Crippen molar-refractivity contribution in [1.82, 2.24) is 14.1 Å². The lowest BCUT2D eigenvalue weighted by molar-refractivity contribution is -0.115. The normalized spacial score (nSPS) is 14.8. The minimum Gasteiger partial charge on any atom is -0.322 e. The highest BCUT2D eigenvalue weighted by molar-refractivity contribution is 7.00. The zero-order valence-electron chi connectivity index (χ0n) is 10.1. The van der Waals surface area contributed by atoms with Crippen molar-refractivity contribution in [1.29, 1.82) is 0 Å². The molecule has 19 heavy (non-hydrogen) atoms. The van der Waals surface area contributed by atoms with Gasteiger partial charge in [-0.3, -0.25) is 4.79 Å². The van der Waals surface area contributed by atoms with E-state index in [9.17, 15) is 4.79 Å². The van der Waals surface area contributed by atoms with Crippen molar-refractivity contribution in [3.63, 3.8) is 0 Å². The number of fused-ring (bicyclic) bond motifs is 1. The molecule has 0 bridgehead atoms. The summed E-state index contributed by atoms with van der Waals surface area (Å²) in [7, 11) is 0. The van der Waals surface area contributed by atoms with E-state index >= 15 is 0 Å². The molecule has 1 aromatic carbocycles. The highest BCUT2D eigenvalue weighted by atomic mass is 35.5. The summed E-state index contributed by atoms with van der Waals surface area (Å²) in [5, 5.41) is 6.43. The molecule has 1 heterocycles. The van der Waals surface area contributed by atoms with E-state index in [1.165, 1.54) is 12.8 Å². The molecule has 0 radical (unpaired) electrons. The summed E-state index contributed by atoms with van der Waals surface area (Å²) in [5.41, 5.74) is 1.94. The Kier molecular flexibility index (Phi) is 3.63. The average Bonchev–Trinajstić information content (AvgIpc) is 3.08. The molecular formula is C12H13ClN4OS. The van der Waals surface area contributed by atoms with Crippen molar-refractivity contribution < 1.29 is 4.79 Å². The highest BCUT2D eigenvalue weighted by Crippen LogP contribution is 2.30. The summed E-state index contributed by atoms with van der Waals surface area (Å²) in [6.45, 7) is 1.20. The average molecular weight is 297 g/mol. The van der Waals surface area contributed by atoms with Gasteiger partial charge in [-0.15, -0.1) is 0 Å². The van der Waals surface area contributed by atoms with Gasteiger partial charge in [0.15, 0.2) is 0 Å². The highest BCUT2D eigenvalue weighted by Gasteiger charge is 2.20. The molecule has 2 N–H and O–H groups in total. The van der Waals surface area contributed by atoms with Crippen LogP contribution in [0.3, 0.4) is 0 Å². The van der Waals surface area contributed by atoms with Gasteiger partial charge in [0.1, 0.15) is 11.0 Å². The maximum atomic E-state index is 11.9. The van der Waals surface area contributed by atoms with Crippen LogP contribution in [0.25, 0.3) is 11.0 Å². The third-order valence-corrected chi connectivity index (χ3v) is 3.91. The van der Waals surface area contributed by atoms with E-state index in [-0.39, 0.29) is 5.91 Å². The lowest BCUT2D eigenvalue weighted by atomic mass is 10.2. The predicted molar refractivity (Wildman–Crippen MR) is 76.6 cm³/mol. The number of rotatable bonds is 5. The number of hydrogen-bond donors (Lipinski definition) is 2. The van der Waals surface area contributed by atoms with Gasteiger partial charge in [0.05, 0.1) is 29.0 Å². The standard InChI is InChI=1S/C12H13ClN4OS/c13-8-3-4-9-12(17-19-16-9)11(8)15-10(18)6-14-5-7-1-2-7/h3-4,7,14H,1-2,5-6H2,(H,15,18). The first-order chi connectivity index (χ1) is 9.24. The summed E-state index contributed by atoms with van der Waals surface area (Å²) >= 11 is 7.21. The second kappa shape index (κ2) is 5.40. The molecule has 7 heteroatoms. The third kappa shape index (κ3) is 3.02. The van der Waals surface area contributed by atoms with Crippen LogP contribution in [0.15, 0.2) is 12.1 Å². The number of benzene rings is 1. The van der Waals surface area contributed by atoms with Crippen LogP contribution in [-0.2, 0) is 4.79 Å². The number of aromatic nitrogens is 2. The molecule has 100 valence electrons. The molecule has 3 rings (SSSR count). The Morgan fingerprint density at radius 3 is 3.05 bits per heavy atom. The summed E-state index contributed by atoms with van der Waals surface area (Å²) in [5.74, 6) is 0.644. The fourth-order valence-corrected chi connectivity index (χ4v) is 2.58. The Balaban J connectivity index is 1.67. The molecule has 0 spiro atoms. The van der Waals surface area contributed by atoms with E-state index in [2.05, 4.69) is 19.4 Å². The minimum atomic E-state index is -0.108. The molecule has 1 aliphatic rings. The Morgan fingerprint density at radius 1 is 1.42 bits per heavy atom. The number of halogens is 1. The van der Waals surface area contributed by atoms with Gasteiger partial charge in [-0.05, 0) is 37.4 Å². The summed E-state index contributed by atoms with van der Waals surface area (Å²) in [4.78, 5) is 11.9. The molecule has 1 aliphatic carbocycles. The molecule has 1 amide bonds. The fourth-order valence-electron chi connectivity index (χ4n) is 1.84. The van der Waals surface area contributed by atoms with Crippen molar-refractivity contribution in [2.24, 2.45) is 5.92 Å². The summed E-state index contributed by atoms with van der Waals surface area (Å²) in [6, 6.07) is 3.51. The number of nitrogens with one attached hydrogen (secondary N) is 2. The molecule has 2 aromatic rings. The minimum absolute atomic E-state index is 0.108. The van der Waals surface area contributed by atoms with Crippen LogP contribution in [0.5, 0.6) is 0 Å². The SMILES string of the molecule is O=C(CNCC1CC1)Nc1c(Cl)ccc2nsnc12. The van der Waals surface area contributed by atoms with Crippen LogP contribution >= 0.6 is 23.3 Å². The van der Waals surface area contributed by atoms with E-state index in [4.69, 9.17) is 11.6 Å². The first-order valence-electron chi connectivity index (χ1n) is 6.15. The van der Waals surface area contributed by atoms with Gasteiger partial charge in [0.2, 0.25) is 5.91 Å². The molecular weight excluding hydrogens is 284 g/mol. The van der Waals surface area contributed by atoms with Gasteiger partial charge >= 0.3 is 0 Å². The van der Waals surface area contributed by atoms with E-state index in [0.29, 0.717) is 22.8 Å². The number of nitrogens with zero attached hydrogens (tertiary/aromatic N) is 2. The third-order valence-electron chi connectivity index (χ3n) is 3.06. The molecule has 0 saturated heterocycles. The maximum absolute atomic E-state index is 11.9. The zero-order valence-corrected chi connectivity index (χ0v) is 11.7. The second-order valence-corrected chi connectivity index (χ2v) is 5.61. The molecule has 1 fully saturated rings. The Morgan fingerprint density at radius 2 is 2.26 bits per heavy atom. The molecule has 0 unspecified atom stereocenters. The Hall–Kier alpha value is -1.24. The molecule has 0 atom stereocenters. The Bertz CT molecular complexity index is 611. The first kappa shape index (κ1) is 12.8. The van der Waals surface area contributed by atoms with Crippen molar-refractivity contribution in [3.8, 4) is 0 Å². The predicted octanol–water partition coefficient (Wildman–Crippen LogP) is 2.28. The van der Waals surface area contributed by atoms with E-state index < -0.39 is 0 Å². The van der Waals surface area contributed by atoms with Crippen LogP contribution in [0, 0.1) is 5.92 Å². The zero-order chi connectivity index (χ0) is 13.2. The molecule has 1 saturated carbocycles. The molecule has 5 nitrogen and oxygen atoms in total. The van der Waals surface area contributed by atoms with Crippen molar-refractivity contribution in [2.45, 2.75) is 12.8 Å². The largest absolute Gasteiger partial charge is 0.322 e. The van der Waals surface area contributed by atoms with Crippen LogP contribution in [0.1, 0.15) is 12.8 Å². The van der Waals surface area contributed by atoms with Gasteiger partial charge in [0.25, 0.3) is 0 Å². The van der Waals surface area contributed by atoms with E-state index in [1.54, 1.807) is 12.1 Å². The van der Waals surface area contributed by atoms with E-state index in [1.807, 2.05) is 0 Å². The first-order valence-corrected chi connectivity index (χ1v) is 7.26. The monoisotopic (exact) mass is 296 g/mol. The van der Waals surface area contributed by atoms with Crippen LogP contribution in [-0.4, -0.2) is 27.7 Å². The lowest BCUT2D eigenvalue weighted by Crippen LogP contribution is -2.29. The quantitative estimate of drug-likeness (QED) is 0.888. The van der Waals surface area contributed by atoms with Crippen molar-refractivity contribution in [2.75, 3.05) is 18.4 Å². The smallest absolute Gasteiger partial charge is 0.238 e. The van der Waals surface area contributed by atoms with Crippen molar-refractivity contribution in [3.05, 3.63) is 17.2 Å². The van der Waals surface area contributed by atoms with Crippen LogP contribution in [0.2, 0.25) is 5.02 Å². The van der Waals surface area contributed by atoms with Crippen molar-refractivity contribution >= 4 is 46.0 Å². The number of carbonyl (C=O) groups is 1. The maximum Gasteiger partial charge on any atom is 0.238 e. The number of amides is 1. The van der Waals surface area contributed by atoms with Gasteiger partial charge in [-0.2, -0.15) is 8.75 Å². The van der Waals surface area contributed by atoms with Gasteiger partial charge in [0, 0.05) is 0 Å². The summed E-state index contributed by atoms with van der Waals surface area (Å²) < 4.78 is 8.29. The summed E-state index contributed by atoms with van der Waals surface area (Å²) in [6.07, 6.45) is 2.54. The van der Waals surface area contributed by atoms with Gasteiger partial charge < -0.3 is 10.6 Å². The van der Waals surface area contributed by atoms with E-state index in [0.717, 1.165) is 29.7 Å². The molecule has 1 aromatic heterocycles.